The van der Waals surface area contributed by atoms with Gasteiger partial charge in [-0.15, -0.1) is 0 Å². The van der Waals surface area contributed by atoms with E-state index in [1.807, 2.05) is 6.92 Å². The van der Waals surface area contributed by atoms with E-state index >= 15 is 0 Å². The molecule has 6 rings (SSSR count). The Balaban J connectivity index is 1.25. The van der Waals surface area contributed by atoms with Gasteiger partial charge in [0.15, 0.2) is 6.29 Å². The van der Waals surface area contributed by atoms with Gasteiger partial charge in [0.25, 0.3) is 0 Å². The molecule has 0 bridgehead atoms. The molecule has 0 aromatic heterocycles. The molecule has 0 amide bonds. The molecule has 6 aliphatic rings. The second kappa shape index (κ2) is 9.96. The number of aliphatic hydroxyl groups excluding tert-OH is 6. The van der Waals surface area contributed by atoms with E-state index in [1.165, 1.54) is 6.08 Å². The van der Waals surface area contributed by atoms with E-state index in [9.17, 15) is 40.5 Å². The molecule has 2 heterocycles. The van der Waals surface area contributed by atoms with Crippen LogP contribution in [0.25, 0.3) is 0 Å². The summed E-state index contributed by atoms with van der Waals surface area (Å²) in [7, 11) is 0. The summed E-state index contributed by atoms with van der Waals surface area (Å²) in [5.41, 5.74) is -2.01. The molecule has 5 fully saturated rings. The van der Waals surface area contributed by atoms with Crippen LogP contribution in [0.4, 0.5) is 0 Å². The molecule has 11 heteroatoms. The van der Waals surface area contributed by atoms with Gasteiger partial charge in [-0.05, 0) is 68.8 Å². The van der Waals surface area contributed by atoms with Crippen molar-refractivity contribution in [1.82, 2.24) is 0 Å². The molecule has 0 spiro atoms. The van der Waals surface area contributed by atoms with Gasteiger partial charge in [0.05, 0.1) is 36.6 Å². The zero-order valence-electron chi connectivity index (χ0n) is 23.1. The minimum atomic E-state index is -1.46. The number of carbonyl (C=O) groups excluding carboxylic acids is 1. The maximum Gasteiger partial charge on any atom is 0.331 e. The predicted octanol–water partition coefficient (Wildman–Crippen LogP) is -0.630. The Morgan fingerprint density at radius 1 is 1.05 bits per heavy atom. The average Bonchev–Trinajstić information content (AvgIpc) is 3.45. The number of hydrogen-bond donors (Lipinski definition) is 7. The summed E-state index contributed by atoms with van der Waals surface area (Å²) in [5.74, 6) is -1.58. The van der Waals surface area contributed by atoms with Gasteiger partial charge in [0, 0.05) is 29.2 Å². The molecule has 0 radical (unpaired) electrons. The fraction of sp³-hybridized carbons (Fsp3) is 0.897. The van der Waals surface area contributed by atoms with Crippen LogP contribution in [0.15, 0.2) is 11.6 Å². The van der Waals surface area contributed by atoms with Gasteiger partial charge in [-0.3, -0.25) is 0 Å². The van der Waals surface area contributed by atoms with Crippen molar-refractivity contribution in [3.8, 4) is 0 Å². The summed E-state index contributed by atoms with van der Waals surface area (Å²) >= 11 is 0. The lowest BCUT2D eigenvalue weighted by molar-refractivity contribution is -0.320. The van der Waals surface area contributed by atoms with E-state index in [1.54, 1.807) is 6.92 Å². The number of ether oxygens (including phenoxy) is 3. The van der Waals surface area contributed by atoms with Crippen LogP contribution in [0.3, 0.4) is 0 Å². The van der Waals surface area contributed by atoms with Gasteiger partial charge in [0.2, 0.25) is 0 Å². The van der Waals surface area contributed by atoms with Crippen LogP contribution in [0.1, 0.15) is 58.8 Å². The van der Waals surface area contributed by atoms with Crippen LogP contribution < -0.4 is 0 Å². The summed E-state index contributed by atoms with van der Waals surface area (Å²) < 4.78 is 16.8. The van der Waals surface area contributed by atoms with Crippen LogP contribution in [-0.2, 0) is 19.0 Å². The molecule has 7 N–H and O–H groups in total. The van der Waals surface area contributed by atoms with Crippen molar-refractivity contribution in [3.63, 3.8) is 0 Å². The van der Waals surface area contributed by atoms with Crippen molar-refractivity contribution < 1.29 is 54.8 Å². The van der Waals surface area contributed by atoms with Crippen LogP contribution in [0.2, 0.25) is 0 Å². The number of cyclic esters (lactones) is 1. The van der Waals surface area contributed by atoms with Gasteiger partial charge in [-0.2, -0.15) is 0 Å². The minimum absolute atomic E-state index is 0.102. The Hall–Kier alpha value is -1.15. The Labute approximate surface area is 233 Å². The molecular formula is C29H44O11. The molecule has 11 nitrogen and oxygen atoms in total. The minimum Gasteiger partial charge on any atom is -0.458 e. The first kappa shape index (κ1) is 28.9. The number of rotatable bonds is 4. The summed E-state index contributed by atoms with van der Waals surface area (Å²) in [5, 5.41) is 77.4. The average molecular weight is 569 g/mol. The van der Waals surface area contributed by atoms with Gasteiger partial charge < -0.3 is 50.0 Å². The topological polar surface area (TPSA) is 186 Å². The van der Waals surface area contributed by atoms with E-state index in [0.29, 0.717) is 32.1 Å². The molecule has 2 aliphatic heterocycles. The maximum atomic E-state index is 12.4. The van der Waals surface area contributed by atoms with Crippen molar-refractivity contribution in [1.29, 1.82) is 0 Å². The molecule has 4 aliphatic carbocycles. The standard InChI is InChI=1S/C29H44O11/c1-13-23(34)24(35)25(36)26(39-13)40-16-8-15-3-4-18-22(28(15,12-30)20(32)9-16)19(31)10-27(2)17(5-6-29(18,27)37)14-7-21(33)38-11-14/h7,13,15-20,22-26,30-32,34-37H,3-6,8-12H2,1-2H3. The van der Waals surface area contributed by atoms with Crippen LogP contribution in [0, 0.1) is 34.5 Å². The molecule has 15 atom stereocenters. The highest BCUT2D eigenvalue weighted by molar-refractivity contribution is 5.85. The van der Waals surface area contributed by atoms with Crippen LogP contribution in [0.5, 0.6) is 0 Å². The second-order valence-corrected chi connectivity index (χ2v) is 13.6. The van der Waals surface area contributed by atoms with Crippen LogP contribution in [-0.4, -0.2) is 110 Å². The van der Waals surface area contributed by atoms with Gasteiger partial charge in [-0.1, -0.05) is 6.92 Å². The lowest BCUT2D eigenvalue weighted by Crippen LogP contribution is -2.70. The zero-order valence-corrected chi connectivity index (χ0v) is 23.1. The Morgan fingerprint density at radius 3 is 2.48 bits per heavy atom. The van der Waals surface area contributed by atoms with Crippen molar-refractivity contribution in [3.05, 3.63) is 11.6 Å². The SMILES string of the molecule is CC1OC(OC2CC(O)C3(CO)C(CCC4C3C(O)CC3(C)C(C5=CC(=O)OC5)CCC43O)C2)C(O)C(O)C1O. The van der Waals surface area contributed by atoms with Crippen molar-refractivity contribution in [2.45, 2.75) is 113 Å². The fourth-order valence-corrected chi connectivity index (χ4v) is 10.1. The van der Waals surface area contributed by atoms with E-state index in [0.717, 1.165) is 5.57 Å². The van der Waals surface area contributed by atoms with Crippen LogP contribution >= 0.6 is 0 Å². The Morgan fingerprint density at radius 2 is 1.80 bits per heavy atom. The number of fused-ring (bicyclic) bond motifs is 5. The summed E-state index contributed by atoms with van der Waals surface area (Å²) in [6.07, 6.45) is -3.79. The fourth-order valence-electron chi connectivity index (χ4n) is 10.1. The second-order valence-electron chi connectivity index (χ2n) is 13.6. The summed E-state index contributed by atoms with van der Waals surface area (Å²) in [6, 6.07) is 0. The predicted molar refractivity (Wildman–Crippen MR) is 137 cm³/mol. The zero-order chi connectivity index (χ0) is 28.8. The van der Waals surface area contributed by atoms with E-state index in [-0.39, 0.29) is 49.8 Å². The molecular weight excluding hydrogens is 524 g/mol. The lowest BCUT2D eigenvalue weighted by Gasteiger charge is -2.66. The molecule has 226 valence electrons. The third-order valence-corrected chi connectivity index (χ3v) is 12.1. The molecule has 1 saturated heterocycles. The smallest absolute Gasteiger partial charge is 0.331 e. The van der Waals surface area contributed by atoms with Crippen molar-refractivity contribution in [2.24, 2.45) is 34.5 Å². The van der Waals surface area contributed by atoms with Gasteiger partial charge in [0.1, 0.15) is 24.9 Å². The molecule has 0 aromatic carbocycles. The highest BCUT2D eigenvalue weighted by Crippen LogP contribution is 2.70. The van der Waals surface area contributed by atoms with E-state index in [2.05, 4.69) is 0 Å². The summed E-state index contributed by atoms with van der Waals surface area (Å²) in [4.78, 5) is 11.8. The molecule has 40 heavy (non-hydrogen) atoms. The Bertz CT molecular complexity index is 1040. The molecule has 4 saturated carbocycles. The van der Waals surface area contributed by atoms with Crippen molar-refractivity contribution in [2.75, 3.05) is 13.2 Å². The summed E-state index contributed by atoms with van der Waals surface area (Å²) in [6.45, 7) is 3.43. The first-order valence-electron chi connectivity index (χ1n) is 14.8. The monoisotopic (exact) mass is 568 g/mol. The lowest BCUT2D eigenvalue weighted by atomic mass is 9.41. The normalized spacial score (nSPS) is 56.1. The maximum absolute atomic E-state index is 12.4. The number of aliphatic hydroxyl groups is 7. The first-order valence-corrected chi connectivity index (χ1v) is 14.8. The molecule has 0 aromatic rings. The third-order valence-electron chi connectivity index (χ3n) is 12.1. The largest absolute Gasteiger partial charge is 0.458 e. The van der Waals surface area contributed by atoms with E-state index in [4.69, 9.17) is 14.2 Å². The highest BCUT2D eigenvalue weighted by Gasteiger charge is 2.72. The number of carbonyl (C=O) groups is 1. The van der Waals surface area contributed by atoms with Gasteiger partial charge >= 0.3 is 5.97 Å². The first-order chi connectivity index (χ1) is 18.9. The molecule has 15 unspecified atom stereocenters. The highest BCUT2D eigenvalue weighted by atomic mass is 16.7. The quantitative estimate of drug-likeness (QED) is 0.169. The number of esters is 1. The van der Waals surface area contributed by atoms with Gasteiger partial charge in [-0.25, -0.2) is 4.79 Å². The van der Waals surface area contributed by atoms with Crippen molar-refractivity contribution >= 4 is 5.97 Å². The number of hydrogen-bond acceptors (Lipinski definition) is 11. The van der Waals surface area contributed by atoms with E-state index < -0.39 is 71.4 Å². The third kappa shape index (κ3) is 3.92. The Kier molecular flexibility index (Phi) is 7.20.